The SMILES string of the molecule is CO[C@H](CC(=O)NO)[C@H](Cc1ccc(Cl)cc1)c1ccnn1CCCCNCc1ccc(C)cc1. The number of ether oxygens (including phenoxy) is 1. The Hall–Kier alpha value is -2.71. The van der Waals surface area contributed by atoms with Gasteiger partial charge in [-0.15, -0.1) is 0 Å². The van der Waals surface area contributed by atoms with Gasteiger partial charge < -0.3 is 10.1 Å². The van der Waals surface area contributed by atoms with Crippen molar-refractivity contribution in [1.82, 2.24) is 20.6 Å². The first kappa shape index (κ1) is 26.9. The number of rotatable bonds is 14. The summed E-state index contributed by atoms with van der Waals surface area (Å²) in [5.41, 5.74) is 6.36. The molecule has 0 radical (unpaired) electrons. The number of nitrogens with zero attached hydrogens (tertiary/aromatic N) is 2. The zero-order valence-electron chi connectivity index (χ0n) is 20.4. The van der Waals surface area contributed by atoms with Gasteiger partial charge in [0.05, 0.1) is 12.5 Å². The van der Waals surface area contributed by atoms with E-state index in [0.717, 1.165) is 43.7 Å². The van der Waals surface area contributed by atoms with Gasteiger partial charge in [-0.3, -0.25) is 14.7 Å². The molecule has 2 aromatic carbocycles. The van der Waals surface area contributed by atoms with Crippen molar-refractivity contribution in [3.05, 3.63) is 88.2 Å². The second-order valence-electron chi connectivity index (χ2n) is 8.80. The van der Waals surface area contributed by atoms with Gasteiger partial charge in [-0.1, -0.05) is 53.6 Å². The molecule has 7 nitrogen and oxygen atoms in total. The summed E-state index contributed by atoms with van der Waals surface area (Å²) in [6, 6.07) is 18.2. The van der Waals surface area contributed by atoms with Gasteiger partial charge in [-0.25, -0.2) is 5.48 Å². The van der Waals surface area contributed by atoms with Crippen molar-refractivity contribution in [2.24, 2.45) is 0 Å². The first-order valence-corrected chi connectivity index (χ1v) is 12.4. The van der Waals surface area contributed by atoms with E-state index in [1.54, 1.807) is 18.8 Å². The average Bonchev–Trinajstić information content (AvgIpc) is 3.33. The van der Waals surface area contributed by atoms with Gasteiger partial charge in [-0.2, -0.15) is 5.10 Å². The van der Waals surface area contributed by atoms with Crippen LogP contribution < -0.4 is 10.8 Å². The zero-order valence-corrected chi connectivity index (χ0v) is 21.2. The van der Waals surface area contributed by atoms with Gasteiger partial charge >= 0.3 is 0 Å². The fourth-order valence-electron chi connectivity index (χ4n) is 4.21. The Kier molecular flexibility index (Phi) is 10.8. The molecule has 0 aliphatic rings. The van der Waals surface area contributed by atoms with Crippen molar-refractivity contribution in [3.63, 3.8) is 0 Å². The van der Waals surface area contributed by atoms with Crippen LogP contribution in [-0.4, -0.2) is 40.7 Å². The quantitative estimate of drug-likeness (QED) is 0.171. The van der Waals surface area contributed by atoms with Gasteiger partial charge in [-0.05, 0) is 62.1 Å². The molecule has 0 spiro atoms. The van der Waals surface area contributed by atoms with E-state index in [0.29, 0.717) is 11.4 Å². The van der Waals surface area contributed by atoms with Crippen molar-refractivity contribution in [1.29, 1.82) is 0 Å². The number of nitrogens with one attached hydrogen (secondary N) is 2. The second kappa shape index (κ2) is 14.0. The predicted octanol–water partition coefficient (Wildman–Crippen LogP) is 4.65. The monoisotopic (exact) mass is 498 g/mol. The Morgan fingerprint density at radius 1 is 1.09 bits per heavy atom. The van der Waals surface area contributed by atoms with E-state index in [9.17, 15) is 4.79 Å². The highest BCUT2D eigenvalue weighted by Gasteiger charge is 2.28. The predicted molar refractivity (Wildman–Crippen MR) is 138 cm³/mol. The molecule has 0 aliphatic carbocycles. The van der Waals surface area contributed by atoms with E-state index in [1.165, 1.54) is 11.1 Å². The molecule has 1 heterocycles. The molecule has 188 valence electrons. The molecule has 35 heavy (non-hydrogen) atoms. The van der Waals surface area contributed by atoms with Gasteiger partial charge in [0.2, 0.25) is 5.91 Å². The van der Waals surface area contributed by atoms with E-state index in [-0.39, 0.29) is 12.3 Å². The van der Waals surface area contributed by atoms with Crippen LogP contribution in [0.5, 0.6) is 0 Å². The molecule has 2 atom stereocenters. The molecule has 0 bridgehead atoms. The summed E-state index contributed by atoms with van der Waals surface area (Å²) in [7, 11) is 1.59. The number of amides is 1. The first-order chi connectivity index (χ1) is 17.0. The summed E-state index contributed by atoms with van der Waals surface area (Å²) in [5, 5.41) is 17.8. The maximum Gasteiger partial charge on any atom is 0.245 e. The molecule has 0 saturated carbocycles. The zero-order chi connectivity index (χ0) is 25.0. The summed E-state index contributed by atoms with van der Waals surface area (Å²) >= 11 is 6.06. The third-order valence-corrected chi connectivity index (χ3v) is 6.44. The van der Waals surface area contributed by atoms with Crippen molar-refractivity contribution < 1.29 is 14.7 Å². The molecule has 3 rings (SSSR count). The lowest BCUT2D eigenvalue weighted by Crippen LogP contribution is -2.32. The van der Waals surface area contributed by atoms with Crippen LogP contribution in [0.4, 0.5) is 0 Å². The van der Waals surface area contributed by atoms with Crippen molar-refractivity contribution in [3.8, 4) is 0 Å². The lowest BCUT2D eigenvalue weighted by atomic mass is 9.89. The lowest BCUT2D eigenvalue weighted by Gasteiger charge is -2.26. The summed E-state index contributed by atoms with van der Waals surface area (Å²) < 4.78 is 7.72. The molecule has 1 aromatic heterocycles. The van der Waals surface area contributed by atoms with Crippen LogP contribution in [0.3, 0.4) is 0 Å². The summed E-state index contributed by atoms with van der Waals surface area (Å²) in [4.78, 5) is 11.9. The van der Waals surface area contributed by atoms with Crippen LogP contribution in [0.2, 0.25) is 5.02 Å². The van der Waals surface area contributed by atoms with E-state index in [2.05, 4.69) is 41.6 Å². The van der Waals surface area contributed by atoms with Crippen LogP contribution in [0, 0.1) is 6.92 Å². The fraction of sp³-hybridized carbons (Fsp3) is 0.407. The number of methoxy groups -OCH3 is 1. The van der Waals surface area contributed by atoms with Gasteiger partial charge in [0, 0.05) is 43.0 Å². The Morgan fingerprint density at radius 2 is 1.80 bits per heavy atom. The van der Waals surface area contributed by atoms with Gasteiger partial charge in [0.25, 0.3) is 0 Å². The second-order valence-corrected chi connectivity index (χ2v) is 9.24. The number of unbranched alkanes of at least 4 members (excludes halogenated alkanes) is 1. The highest BCUT2D eigenvalue weighted by molar-refractivity contribution is 6.30. The molecule has 0 fully saturated rings. The molecular weight excluding hydrogens is 464 g/mol. The topological polar surface area (TPSA) is 88.4 Å². The Bertz CT molecular complexity index is 1040. The highest BCUT2D eigenvalue weighted by Crippen LogP contribution is 2.29. The maximum atomic E-state index is 11.9. The van der Waals surface area contributed by atoms with Crippen LogP contribution in [0.15, 0.2) is 60.8 Å². The largest absolute Gasteiger partial charge is 0.380 e. The molecule has 3 N–H and O–H groups in total. The molecule has 3 aromatic rings. The maximum absolute atomic E-state index is 11.9. The van der Waals surface area contributed by atoms with Gasteiger partial charge in [0.1, 0.15) is 0 Å². The van der Waals surface area contributed by atoms with E-state index in [4.69, 9.17) is 21.5 Å². The number of hydrogen-bond acceptors (Lipinski definition) is 5. The van der Waals surface area contributed by atoms with Crippen molar-refractivity contribution in [2.75, 3.05) is 13.7 Å². The van der Waals surface area contributed by atoms with Crippen LogP contribution in [-0.2, 0) is 29.0 Å². The van der Waals surface area contributed by atoms with Crippen molar-refractivity contribution >= 4 is 17.5 Å². The Morgan fingerprint density at radius 3 is 2.49 bits per heavy atom. The Balaban J connectivity index is 1.61. The minimum atomic E-state index is -0.483. The first-order valence-electron chi connectivity index (χ1n) is 12.0. The molecule has 0 unspecified atom stereocenters. The molecule has 0 saturated heterocycles. The molecule has 8 heteroatoms. The standard InChI is InChI=1S/C27H35ClN4O3/c1-20-5-7-22(8-6-20)19-29-14-3-4-16-32-25(13-15-30-32)24(26(35-2)18-27(33)31-34)17-21-9-11-23(28)12-10-21/h5-13,15,24,26,29,34H,3-4,14,16-19H2,1-2H3,(H,31,33)/t24-,26-/m1/s1. The molecule has 1 amide bonds. The summed E-state index contributed by atoms with van der Waals surface area (Å²) in [6.45, 7) is 4.65. The van der Waals surface area contributed by atoms with E-state index >= 15 is 0 Å². The van der Waals surface area contributed by atoms with Crippen LogP contribution in [0.25, 0.3) is 0 Å². The number of halogens is 1. The highest BCUT2D eigenvalue weighted by atomic mass is 35.5. The van der Waals surface area contributed by atoms with E-state index in [1.807, 2.05) is 35.0 Å². The van der Waals surface area contributed by atoms with Crippen molar-refractivity contribution in [2.45, 2.75) is 57.7 Å². The molecular formula is C27H35ClN4O3. The normalized spacial score (nSPS) is 12.9. The minimum absolute atomic E-state index is 0.0410. The van der Waals surface area contributed by atoms with Crippen LogP contribution in [0.1, 0.15) is 47.6 Å². The third kappa shape index (κ3) is 8.47. The number of aromatic nitrogens is 2. The van der Waals surface area contributed by atoms with E-state index < -0.39 is 12.0 Å². The molecule has 0 aliphatic heterocycles. The number of aryl methyl sites for hydroxylation is 2. The number of carbonyl (C=O) groups excluding carboxylic acids is 1. The van der Waals surface area contributed by atoms with Gasteiger partial charge in [0.15, 0.2) is 0 Å². The number of hydroxylamine groups is 1. The smallest absolute Gasteiger partial charge is 0.245 e. The number of benzene rings is 2. The summed E-state index contributed by atoms with van der Waals surface area (Å²) in [5.74, 6) is -0.607. The fourth-order valence-corrected chi connectivity index (χ4v) is 4.34. The Labute approximate surface area is 212 Å². The number of hydrogen-bond donors (Lipinski definition) is 3. The van der Waals surface area contributed by atoms with Crippen LogP contribution >= 0.6 is 11.6 Å². The average molecular weight is 499 g/mol. The summed E-state index contributed by atoms with van der Waals surface area (Å²) in [6.07, 6.45) is 4.05. The third-order valence-electron chi connectivity index (χ3n) is 6.18. The number of carbonyl (C=O) groups is 1. The lowest BCUT2D eigenvalue weighted by molar-refractivity contribution is -0.132. The minimum Gasteiger partial charge on any atom is -0.380 e.